The molecule has 1 rings (SSSR count). The standard InChI is InChI=1S/C15H21N3O5/c1-2-3-11(13(19)20)17-15(23)18-12(14(21)22)8-9-4-6-10(16)7-5-9/h4-7,11-12H,2-3,8,16H2,1H3,(H,19,20)(H,21,22)(H2,17,18,23)/t11-,12-/m0/s1. The molecule has 0 aliphatic carbocycles. The lowest BCUT2D eigenvalue weighted by molar-refractivity contribution is -0.139. The number of carbonyl (C=O) groups excluding carboxylic acids is 1. The molecular formula is C15H21N3O5. The average molecular weight is 323 g/mol. The van der Waals surface area contributed by atoms with Crippen LogP contribution in [-0.2, 0) is 16.0 Å². The third-order valence-corrected chi connectivity index (χ3v) is 3.20. The molecule has 8 heteroatoms. The number of nitrogen functional groups attached to an aromatic ring is 1. The summed E-state index contributed by atoms with van der Waals surface area (Å²) in [5.74, 6) is -2.37. The van der Waals surface area contributed by atoms with Gasteiger partial charge in [0.05, 0.1) is 0 Å². The molecule has 0 spiro atoms. The van der Waals surface area contributed by atoms with E-state index < -0.39 is 30.1 Å². The molecule has 8 nitrogen and oxygen atoms in total. The highest BCUT2D eigenvalue weighted by atomic mass is 16.4. The Bertz CT molecular complexity index is 559. The lowest BCUT2D eigenvalue weighted by Gasteiger charge is -2.18. The van der Waals surface area contributed by atoms with Gasteiger partial charge in [-0.05, 0) is 24.1 Å². The monoisotopic (exact) mass is 323 g/mol. The number of benzene rings is 1. The first-order valence-corrected chi connectivity index (χ1v) is 7.20. The number of hydrogen-bond acceptors (Lipinski definition) is 4. The summed E-state index contributed by atoms with van der Waals surface area (Å²) >= 11 is 0. The molecule has 2 atom stereocenters. The second kappa shape index (κ2) is 8.62. The molecule has 1 aromatic carbocycles. The fourth-order valence-electron chi connectivity index (χ4n) is 1.99. The van der Waals surface area contributed by atoms with Crippen LogP contribution in [0.2, 0.25) is 0 Å². The van der Waals surface area contributed by atoms with Gasteiger partial charge in [-0.2, -0.15) is 0 Å². The summed E-state index contributed by atoms with van der Waals surface area (Å²) in [5, 5.41) is 22.7. The topological polar surface area (TPSA) is 142 Å². The van der Waals surface area contributed by atoms with Gasteiger partial charge in [-0.25, -0.2) is 14.4 Å². The van der Waals surface area contributed by atoms with E-state index >= 15 is 0 Å². The van der Waals surface area contributed by atoms with Gasteiger partial charge in [-0.3, -0.25) is 0 Å². The predicted octanol–water partition coefficient (Wildman–Crippen LogP) is 0.817. The van der Waals surface area contributed by atoms with Crippen LogP contribution in [0, 0.1) is 0 Å². The first-order valence-electron chi connectivity index (χ1n) is 7.20. The summed E-state index contributed by atoms with van der Waals surface area (Å²) in [7, 11) is 0. The number of rotatable bonds is 8. The third kappa shape index (κ3) is 6.25. The Morgan fingerprint density at radius 2 is 1.57 bits per heavy atom. The first kappa shape index (κ1) is 18.3. The number of aliphatic carboxylic acids is 2. The van der Waals surface area contributed by atoms with E-state index in [9.17, 15) is 19.5 Å². The minimum absolute atomic E-state index is 0.0640. The Morgan fingerprint density at radius 1 is 1.04 bits per heavy atom. The van der Waals surface area contributed by atoms with Crippen LogP contribution in [0.5, 0.6) is 0 Å². The molecular weight excluding hydrogens is 302 g/mol. The predicted molar refractivity (Wildman–Crippen MR) is 84.0 cm³/mol. The maximum Gasteiger partial charge on any atom is 0.326 e. The van der Waals surface area contributed by atoms with Gasteiger partial charge in [-0.15, -0.1) is 0 Å². The lowest BCUT2D eigenvalue weighted by Crippen LogP contribution is -2.51. The van der Waals surface area contributed by atoms with Crippen molar-refractivity contribution in [3.8, 4) is 0 Å². The molecule has 0 aromatic heterocycles. The van der Waals surface area contributed by atoms with Crippen LogP contribution in [-0.4, -0.2) is 40.3 Å². The van der Waals surface area contributed by atoms with E-state index in [1.807, 2.05) is 0 Å². The van der Waals surface area contributed by atoms with E-state index in [4.69, 9.17) is 10.8 Å². The van der Waals surface area contributed by atoms with Crippen LogP contribution in [0.25, 0.3) is 0 Å². The van der Waals surface area contributed by atoms with E-state index in [1.165, 1.54) is 0 Å². The number of nitrogens with two attached hydrogens (primary N) is 1. The van der Waals surface area contributed by atoms with Gasteiger partial charge < -0.3 is 26.6 Å². The van der Waals surface area contributed by atoms with Gasteiger partial charge in [0.15, 0.2) is 0 Å². The quantitative estimate of drug-likeness (QED) is 0.448. The van der Waals surface area contributed by atoms with E-state index in [-0.39, 0.29) is 12.8 Å². The van der Waals surface area contributed by atoms with Crippen molar-refractivity contribution in [3.63, 3.8) is 0 Å². The van der Waals surface area contributed by atoms with Crippen molar-refractivity contribution < 1.29 is 24.6 Å². The van der Waals surface area contributed by atoms with Gasteiger partial charge in [0.25, 0.3) is 0 Å². The molecule has 0 unspecified atom stereocenters. The number of nitrogens with one attached hydrogen (secondary N) is 2. The van der Waals surface area contributed by atoms with Crippen LogP contribution in [0.4, 0.5) is 10.5 Å². The Morgan fingerprint density at radius 3 is 2.04 bits per heavy atom. The summed E-state index contributed by atoms with van der Waals surface area (Å²) in [6.45, 7) is 1.79. The molecule has 0 fully saturated rings. The minimum atomic E-state index is -1.21. The minimum Gasteiger partial charge on any atom is -0.480 e. The van der Waals surface area contributed by atoms with Crippen molar-refractivity contribution in [1.82, 2.24) is 10.6 Å². The van der Waals surface area contributed by atoms with E-state index in [1.54, 1.807) is 31.2 Å². The molecule has 0 saturated carbocycles. The number of urea groups is 1. The number of anilines is 1. The molecule has 126 valence electrons. The second-order valence-electron chi connectivity index (χ2n) is 5.13. The van der Waals surface area contributed by atoms with Crippen molar-refractivity contribution >= 4 is 23.7 Å². The van der Waals surface area contributed by atoms with Gasteiger partial charge >= 0.3 is 18.0 Å². The van der Waals surface area contributed by atoms with Crippen molar-refractivity contribution in [2.75, 3.05) is 5.73 Å². The van der Waals surface area contributed by atoms with Crippen molar-refractivity contribution in [3.05, 3.63) is 29.8 Å². The van der Waals surface area contributed by atoms with Crippen LogP contribution >= 0.6 is 0 Å². The average Bonchev–Trinajstić information content (AvgIpc) is 2.48. The van der Waals surface area contributed by atoms with Crippen LogP contribution in [0.3, 0.4) is 0 Å². The Kier molecular flexibility index (Phi) is 6.85. The summed E-state index contributed by atoms with van der Waals surface area (Å²) < 4.78 is 0. The molecule has 2 amide bonds. The molecule has 6 N–H and O–H groups in total. The van der Waals surface area contributed by atoms with Gasteiger partial charge in [0.2, 0.25) is 0 Å². The van der Waals surface area contributed by atoms with Crippen LogP contribution < -0.4 is 16.4 Å². The van der Waals surface area contributed by atoms with Crippen molar-refractivity contribution in [2.45, 2.75) is 38.3 Å². The van der Waals surface area contributed by atoms with Crippen LogP contribution in [0.1, 0.15) is 25.3 Å². The fraction of sp³-hybridized carbons (Fsp3) is 0.400. The maximum absolute atomic E-state index is 11.8. The maximum atomic E-state index is 11.8. The summed E-state index contributed by atoms with van der Waals surface area (Å²) in [6.07, 6.45) is 0.901. The number of hydrogen-bond donors (Lipinski definition) is 5. The fourth-order valence-corrected chi connectivity index (χ4v) is 1.99. The van der Waals surface area contributed by atoms with E-state index in [2.05, 4.69) is 10.6 Å². The lowest BCUT2D eigenvalue weighted by atomic mass is 10.1. The Hall–Kier alpha value is -2.77. The highest BCUT2D eigenvalue weighted by Crippen LogP contribution is 2.08. The van der Waals surface area contributed by atoms with Gasteiger partial charge in [-0.1, -0.05) is 25.5 Å². The zero-order valence-electron chi connectivity index (χ0n) is 12.8. The van der Waals surface area contributed by atoms with E-state index in [0.29, 0.717) is 17.7 Å². The van der Waals surface area contributed by atoms with Gasteiger partial charge in [0, 0.05) is 12.1 Å². The Labute approximate surface area is 133 Å². The number of amides is 2. The zero-order chi connectivity index (χ0) is 17.4. The van der Waals surface area contributed by atoms with E-state index in [0.717, 1.165) is 0 Å². The summed E-state index contributed by atoms with van der Waals surface area (Å²) in [6, 6.07) is 3.56. The molecule has 0 heterocycles. The molecule has 0 saturated heterocycles. The molecule has 1 aromatic rings. The van der Waals surface area contributed by atoms with Crippen LogP contribution in [0.15, 0.2) is 24.3 Å². The normalized spacial score (nSPS) is 12.9. The third-order valence-electron chi connectivity index (χ3n) is 3.20. The largest absolute Gasteiger partial charge is 0.480 e. The Balaban J connectivity index is 2.67. The smallest absolute Gasteiger partial charge is 0.326 e. The molecule has 0 radical (unpaired) electrons. The molecule has 0 aliphatic rings. The van der Waals surface area contributed by atoms with Gasteiger partial charge in [0.1, 0.15) is 12.1 Å². The highest BCUT2D eigenvalue weighted by molar-refractivity contribution is 5.86. The second-order valence-corrected chi connectivity index (χ2v) is 5.13. The zero-order valence-corrected chi connectivity index (χ0v) is 12.8. The summed E-state index contributed by atoms with van der Waals surface area (Å²) in [5.41, 5.74) is 6.80. The number of carbonyl (C=O) groups is 3. The number of carboxylic acids is 2. The summed E-state index contributed by atoms with van der Waals surface area (Å²) in [4.78, 5) is 34.1. The molecule has 23 heavy (non-hydrogen) atoms. The molecule has 0 bridgehead atoms. The van der Waals surface area contributed by atoms with Crippen molar-refractivity contribution in [2.24, 2.45) is 0 Å². The molecule has 0 aliphatic heterocycles. The SMILES string of the molecule is CCC[C@H](NC(=O)N[C@@H](Cc1ccc(N)cc1)C(=O)O)C(=O)O. The highest BCUT2D eigenvalue weighted by Gasteiger charge is 2.24. The van der Waals surface area contributed by atoms with Crippen molar-refractivity contribution in [1.29, 1.82) is 0 Å². The first-order chi connectivity index (χ1) is 10.8. The number of carboxylic acid groups (broad SMARTS) is 2.